The summed E-state index contributed by atoms with van der Waals surface area (Å²) in [5.41, 5.74) is 0.443. The molecule has 0 N–H and O–H groups in total. The van der Waals surface area contributed by atoms with E-state index in [4.69, 9.17) is 14.2 Å². The van der Waals surface area contributed by atoms with Crippen LogP contribution in [0.1, 0.15) is 39.5 Å². The summed E-state index contributed by atoms with van der Waals surface area (Å²) in [6.45, 7) is 10.7. The fourth-order valence-electron chi connectivity index (χ4n) is 1.21. The second-order valence-electron chi connectivity index (χ2n) is 4.20. The maximum Gasteiger partial charge on any atom is 0.333 e. The zero-order valence-corrected chi connectivity index (χ0v) is 11.7. The van der Waals surface area contributed by atoms with Gasteiger partial charge in [-0.25, -0.2) is 4.79 Å². The van der Waals surface area contributed by atoms with E-state index in [1.54, 1.807) is 6.92 Å². The molecular formula is C14H26O4. The summed E-state index contributed by atoms with van der Waals surface area (Å²) in [5, 5.41) is 0. The van der Waals surface area contributed by atoms with E-state index in [1.165, 1.54) is 0 Å². The van der Waals surface area contributed by atoms with Gasteiger partial charge in [-0.05, 0) is 32.6 Å². The van der Waals surface area contributed by atoms with Crippen molar-refractivity contribution in [2.45, 2.75) is 39.5 Å². The summed E-state index contributed by atoms with van der Waals surface area (Å²) >= 11 is 0. The lowest BCUT2D eigenvalue weighted by Gasteiger charge is -2.06. The van der Waals surface area contributed by atoms with E-state index in [0.717, 1.165) is 45.5 Å². The monoisotopic (exact) mass is 258 g/mol. The highest BCUT2D eigenvalue weighted by molar-refractivity contribution is 5.86. The van der Waals surface area contributed by atoms with Crippen LogP contribution in [0.4, 0.5) is 0 Å². The van der Waals surface area contributed by atoms with E-state index >= 15 is 0 Å². The third kappa shape index (κ3) is 11.6. The molecule has 0 fully saturated rings. The fraction of sp³-hybridized carbons (Fsp3) is 0.786. The molecule has 0 aromatic rings. The lowest BCUT2D eigenvalue weighted by Crippen LogP contribution is -2.07. The van der Waals surface area contributed by atoms with Crippen molar-refractivity contribution in [1.82, 2.24) is 0 Å². The maximum absolute atomic E-state index is 11.0. The second kappa shape index (κ2) is 12.6. The van der Waals surface area contributed by atoms with Crippen LogP contribution in [0.5, 0.6) is 0 Å². The van der Waals surface area contributed by atoms with Crippen molar-refractivity contribution < 1.29 is 19.0 Å². The molecule has 0 heterocycles. The molecule has 0 atom stereocenters. The first kappa shape index (κ1) is 17.1. The van der Waals surface area contributed by atoms with Crippen LogP contribution < -0.4 is 0 Å². The number of carbonyl (C=O) groups is 1. The summed E-state index contributed by atoms with van der Waals surface area (Å²) in [6.07, 6.45) is 3.72. The Morgan fingerprint density at radius 1 is 0.944 bits per heavy atom. The Morgan fingerprint density at radius 3 is 2.11 bits per heavy atom. The molecule has 0 spiro atoms. The van der Waals surface area contributed by atoms with E-state index in [0.29, 0.717) is 18.8 Å². The largest absolute Gasteiger partial charge is 0.462 e. The van der Waals surface area contributed by atoms with Gasteiger partial charge in [0.25, 0.3) is 0 Å². The minimum Gasteiger partial charge on any atom is -0.462 e. The Hall–Kier alpha value is -0.870. The van der Waals surface area contributed by atoms with Gasteiger partial charge >= 0.3 is 5.97 Å². The van der Waals surface area contributed by atoms with Crippen LogP contribution in [0.2, 0.25) is 0 Å². The van der Waals surface area contributed by atoms with Crippen molar-refractivity contribution in [2.75, 3.05) is 33.0 Å². The van der Waals surface area contributed by atoms with E-state index in [1.807, 2.05) is 0 Å². The van der Waals surface area contributed by atoms with Gasteiger partial charge in [-0.2, -0.15) is 0 Å². The first-order valence-electron chi connectivity index (χ1n) is 6.66. The third-order valence-electron chi connectivity index (χ3n) is 2.19. The fourth-order valence-corrected chi connectivity index (χ4v) is 1.21. The SMILES string of the molecule is C=C(C)C(=O)OCCCCOCCCOCCC. The predicted octanol–water partition coefficient (Wildman–Crippen LogP) is 2.72. The molecule has 0 rings (SSSR count). The first-order valence-corrected chi connectivity index (χ1v) is 6.66. The number of hydrogen-bond acceptors (Lipinski definition) is 4. The molecule has 0 aliphatic heterocycles. The molecule has 0 bridgehead atoms. The van der Waals surface area contributed by atoms with Crippen LogP contribution in [0.25, 0.3) is 0 Å². The molecule has 106 valence electrons. The molecule has 0 aliphatic rings. The highest BCUT2D eigenvalue weighted by atomic mass is 16.5. The highest BCUT2D eigenvalue weighted by Crippen LogP contribution is 1.97. The van der Waals surface area contributed by atoms with Gasteiger partial charge in [-0.1, -0.05) is 13.5 Å². The van der Waals surface area contributed by atoms with Crippen molar-refractivity contribution >= 4 is 5.97 Å². The topological polar surface area (TPSA) is 44.8 Å². The van der Waals surface area contributed by atoms with Gasteiger partial charge in [-0.3, -0.25) is 0 Å². The van der Waals surface area contributed by atoms with Gasteiger partial charge < -0.3 is 14.2 Å². The molecule has 18 heavy (non-hydrogen) atoms. The van der Waals surface area contributed by atoms with Gasteiger partial charge in [0, 0.05) is 32.0 Å². The van der Waals surface area contributed by atoms with E-state index < -0.39 is 0 Å². The second-order valence-corrected chi connectivity index (χ2v) is 4.20. The van der Waals surface area contributed by atoms with Crippen molar-refractivity contribution in [1.29, 1.82) is 0 Å². The molecular weight excluding hydrogens is 232 g/mol. The Kier molecular flexibility index (Phi) is 12.0. The molecule has 0 aliphatic carbocycles. The molecule has 4 heteroatoms. The molecule has 0 saturated heterocycles. The number of hydrogen-bond donors (Lipinski definition) is 0. The Morgan fingerprint density at radius 2 is 1.50 bits per heavy atom. The van der Waals surface area contributed by atoms with E-state index in [9.17, 15) is 4.79 Å². The predicted molar refractivity (Wildman–Crippen MR) is 71.6 cm³/mol. The highest BCUT2D eigenvalue weighted by Gasteiger charge is 2.01. The molecule has 4 nitrogen and oxygen atoms in total. The lowest BCUT2D eigenvalue weighted by molar-refractivity contribution is -0.139. The van der Waals surface area contributed by atoms with Crippen LogP contribution in [0.3, 0.4) is 0 Å². The first-order chi connectivity index (χ1) is 8.68. The van der Waals surface area contributed by atoms with Gasteiger partial charge in [0.05, 0.1) is 6.61 Å². The van der Waals surface area contributed by atoms with Crippen LogP contribution >= 0.6 is 0 Å². The van der Waals surface area contributed by atoms with Crippen LogP contribution in [0.15, 0.2) is 12.2 Å². The number of ether oxygens (including phenoxy) is 3. The van der Waals surface area contributed by atoms with Crippen LogP contribution in [0, 0.1) is 0 Å². The zero-order valence-electron chi connectivity index (χ0n) is 11.7. The summed E-state index contributed by atoms with van der Waals surface area (Å²) in [4.78, 5) is 11.0. The molecule has 0 radical (unpaired) electrons. The van der Waals surface area contributed by atoms with Gasteiger partial charge in [0.2, 0.25) is 0 Å². The standard InChI is InChI=1S/C14H26O4/c1-4-8-16-10-7-11-17-9-5-6-12-18-14(15)13(2)3/h2,4-12H2,1,3H3. The molecule has 0 saturated carbocycles. The number of rotatable bonds is 12. The van der Waals surface area contributed by atoms with Gasteiger partial charge in [0.1, 0.15) is 0 Å². The van der Waals surface area contributed by atoms with Crippen molar-refractivity contribution in [3.63, 3.8) is 0 Å². The maximum atomic E-state index is 11.0. The molecule has 0 unspecified atom stereocenters. The molecule has 0 aromatic carbocycles. The Labute approximate surface area is 110 Å². The van der Waals surface area contributed by atoms with Crippen molar-refractivity contribution in [3.05, 3.63) is 12.2 Å². The van der Waals surface area contributed by atoms with Gasteiger partial charge in [-0.15, -0.1) is 0 Å². The number of esters is 1. The number of carbonyl (C=O) groups excluding carboxylic acids is 1. The average Bonchev–Trinajstić information content (AvgIpc) is 2.35. The minimum atomic E-state index is -0.316. The summed E-state index contributed by atoms with van der Waals surface area (Å²) < 4.78 is 15.7. The minimum absolute atomic E-state index is 0.316. The number of unbranched alkanes of at least 4 members (excludes halogenated alkanes) is 1. The van der Waals surface area contributed by atoms with E-state index in [2.05, 4.69) is 13.5 Å². The summed E-state index contributed by atoms with van der Waals surface area (Å²) in [7, 11) is 0. The Bertz CT molecular complexity index is 226. The van der Waals surface area contributed by atoms with Gasteiger partial charge in [0.15, 0.2) is 0 Å². The normalized spacial score (nSPS) is 10.3. The van der Waals surface area contributed by atoms with Crippen LogP contribution in [-0.2, 0) is 19.0 Å². The zero-order chi connectivity index (χ0) is 13.6. The van der Waals surface area contributed by atoms with Crippen molar-refractivity contribution in [2.24, 2.45) is 0 Å². The van der Waals surface area contributed by atoms with Crippen LogP contribution in [-0.4, -0.2) is 39.0 Å². The van der Waals surface area contributed by atoms with E-state index in [-0.39, 0.29) is 5.97 Å². The molecule has 0 aromatic heterocycles. The average molecular weight is 258 g/mol. The summed E-state index contributed by atoms with van der Waals surface area (Å²) in [6, 6.07) is 0. The quantitative estimate of drug-likeness (QED) is 0.307. The third-order valence-corrected chi connectivity index (χ3v) is 2.19. The Balaban J connectivity index is 3.07. The smallest absolute Gasteiger partial charge is 0.333 e. The summed E-state index contributed by atoms with van der Waals surface area (Å²) in [5.74, 6) is -0.316. The molecule has 0 amide bonds. The van der Waals surface area contributed by atoms with Crippen molar-refractivity contribution in [3.8, 4) is 0 Å². The lowest BCUT2D eigenvalue weighted by atomic mass is 10.3.